The third kappa shape index (κ3) is 6.77. The van der Waals surface area contributed by atoms with Gasteiger partial charge in [-0.2, -0.15) is 0 Å². The second-order valence-corrected chi connectivity index (χ2v) is 7.67. The van der Waals surface area contributed by atoms with Crippen LogP contribution >= 0.6 is 0 Å². The molecule has 0 unspecified atom stereocenters. The van der Waals surface area contributed by atoms with Gasteiger partial charge in [0.2, 0.25) is 5.91 Å². The minimum Gasteiger partial charge on any atom is -0.389 e. The fraction of sp³-hybridized carbons (Fsp3) is 0.944. The molecule has 0 aromatic heterocycles. The van der Waals surface area contributed by atoms with Gasteiger partial charge in [-0.05, 0) is 40.0 Å². The highest BCUT2D eigenvalue weighted by atomic mass is 16.3. The third-order valence-electron chi connectivity index (χ3n) is 4.82. The van der Waals surface area contributed by atoms with Crippen molar-refractivity contribution in [2.45, 2.75) is 84.5 Å². The van der Waals surface area contributed by atoms with Crippen LogP contribution in [0.1, 0.15) is 60.8 Å². The first kappa shape index (κ1) is 20.4. The van der Waals surface area contributed by atoms with Crippen LogP contribution < -0.4 is 5.32 Å². The number of β-amino-alcohol motifs (C(OH)–C–C–N with tert-alkyl or cyclic N) is 1. The molecule has 3 atom stereocenters. The summed E-state index contributed by atoms with van der Waals surface area (Å²) in [5.74, 6) is 0.128. The summed E-state index contributed by atoms with van der Waals surface area (Å²) in [4.78, 5) is 17.0. The average Bonchev–Trinajstić information content (AvgIpc) is 2.46. The molecule has 1 amide bonds. The minimum absolute atomic E-state index is 0.128. The van der Waals surface area contributed by atoms with Crippen molar-refractivity contribution in [3.63, 3.8) is 0 Å². The number of aliphatic hydroxyl groups is 1. The molecular formula is C18H37N3O2. The summed E-state index contributed by atoms with van der Waals surface area (Å²) < 4.78 is 0. The van der Waals surface area contributed by atoms with Crippen molar-refractivity contribution in [1.29, 1.82) is 0 Å². The van der Waals surface area contributed by atoms with Crippen molar-refractivity contribution in [2.75, 3.05) is 26.2 Å². The van der Waals surface area contributed by atoms with E-state index in [1.165, 1.54) is 0 Å². The van der Waals surface area contributed by atoms with Gasteiger partial charge in [-0.3, -0.25) is 14.6 Å². The predicted octanol–water partition coefficient (Wildman–Crippen LogP) is 1.85. The Morgan fingerprint density at radius 1 is 1.17 bits per heavy atom. The van der Waals surface area contributed by atoms with Gasteiger partial charge >= 0.3 is 0 Å². The number of amides is 1. The smallest absolute Gasteiger partial charge is 0.234 e. The molecule has 1 fully saturated rings. The Kier molecular flexibility index (Phi) is 7.98. The number of rotatable bonds is 8. The van der Waals surface area contributed by atoms with E-state index in [4.69, 9.17) is 0 Å². The third-order valence-corrected chi connectivity index (χ3v) is 4.82. The summed E-state index contributed by atoms with van der Waals surface area (Å²) in [5, 5.41) is 13.2. The molecule has 23 heavy (non-hydrogen) atoms. The van der Waals surface area contributed by atoms with Gasteiger partial charge in [0.05, 0.1) is 12.1 Å². The van der Waals surface area contributed by atoms with Crippen LogP contribution in [0, 0.1) is 0 Å². The molecular weight excluding hydrogens is 290 g/mol. The molecule has 0 aromatic carbocycles. The number of hydrogen-bond acceptors (Lipinski definition) is 4. The van der Waals surface area contributed by atoms with E-state index in [2.05, 4.69) is 35.9 Å². The van der Waals surface area contributed by atoms with Gasteiger partial charge in [0.25, 0.3) is 0 Å². The molecule has 1 saturated heterocycles. The molecule has 136 valence electrons. The van der Waals surface area contributed by atoms with Crippen LogP contribution in [-0.4, -0.2) is 70.7 Å². The number of carbonyl (C=O) groups excluding carboxylic acids is 1. The van der Waals surface area contributed by atoms with Crippen molar-refractivity contribution in [3.05, 3.63) is 0 Å². The normalized spacial score (nSPS) is 25.3. The predicted molar refractivity (Wildman–Crippen MR) is 95.5 cm³/mol. The number of hydrogen-bond donors (Lipinski definition) is 2. The van der Waals surface area contributed by atoms with E-state index >= 15 is 0 Å². The van der Waals surface area contributed by atoms with Crippen molar-refractivity contribution in [2.24, 2.45) is 0 Å². The van der Waals surface area contributed by atoms with Gasteiger partial charge < -0.3 is 10.4 Å². The number of piperazine rings is 1. The maximum atomic E-state index is 12.2. The molecule has 0 saturated carbocycles. The summed E-state index contributed by atoms with van der Waals surface area (Å²) in [7, 11) is 0. The van der Waals surface area contributed by atoms with E-state index < -0.39 is 5.60 Å². The Balaban J connectivity index is 2.70. The molecule has 1 heterocycles. The van der Waals surface area contributed by atoms with E-state index in [9.17, 15) is 9.90 Å². The first-order valence-electron chi connectivity index (χ1n) is 9.19. The molecule has 1 aliphatic heterocycles. The fourth-order valence-electron chi connectivity index (χ4n) is 3.34. The van der Waals surface area contributed by atoms with Gasteiger partial charge in [-0.1, -0.05) is 20.8 Å². The van der Waals surface area contributed by atoms with E-state index in [-0.39, 0.29) is 11.9 Å². The minimum atomic E-state index is -0.679. The Labute approximate surface area is 142 Å². The largest absolute Gasteiger partial charge is 0.389 e. The Morgan fingerprint density at radius 3 is 2.17 bits per heavy atom. The molecule has 0 bridgehead atoms. The summed E-state index contributed by atoms with van der Waals surface area (Å²) >= 11 is 0. The zero-order valence-electron chi connectivity index (χ0n) is 15.9. The monoisotopic (exact) mass is 327 g/mol. The standard InChI is InChI=1S/C18H37N3O2/c1-7-14(4)19-17(22)12-20-10-16(9-3)21(11-15(20)8-2)13-18(5,6)23/h14-16,23H,7-13H2,1-6H3,(H,19,22)/t14-,15-,16-/m0/s1. The molecule has 0 aromatic rings. The first-order chi connectivity index (χ1) is 10.7. The molecule has 0 spiro atoms. The Morgan fingerprint density at radius 2 is 1.70 bits per heavy atom. The lowest BCUT2D eigenvalue weighted by Gasteiger charge is -2.47. The average molecular weight is 328 g/mol. The van der Waals surface area contributed by atoms with Crippen LogP contribution in [-0.2, 0) is 4.79 Å². The quantitative estimate of drug-likeness (QED) is 0.714. The highest BCUT2D eigenvalue weighted by Crippen LogP contribution is 2.21. The van der Waals surface area contributed by atoms with Crippen LogP contribution in [0.5, 0.6) is 0 Å². The summed E-state index contributed by atoms with van der Waals surface area (Å²) in [6, 6.07) is 1.02. The van der Waals surface area contributed by atoms with Gasteiger partial charge in [0.15, 0.2) is 0 Å². The van der Waals surface area contributed by atoms with Gasteiger partial charge in [0, 0.05) is 37.8 Å². The lowest BCUT2D eigenvalue weighted by atomic mass is 9.99. The lowest BCUT2D eigenvalue weighted by Crippen LogP contribution is -2.61. The van der Waals surface area contributed by atoms with Crippen molar-refractivity contribution in [3.8, 4) is 0 Å². The van der Waals surface area contributed by atoms with Crippen molar-refractivity contribution < 1.29 is 9.90 Å². The number of carbonyl (C=O) groups is 1. The molecule has 1 aliphatic rings. The molecule has 5 nitrogen and oxygen atoms in total. The van der Waals surface area contributed by atoms with Crippen LogP contribution in [0.3, 0.4) is 0 Å². The van der Waals surface area contributed by atoms with E-state index in [1.54, 1.807) is 0 Å². The second kappa shape index (κ2) is 9.00. The van der Waals surface area contributed by atoms with E-state index in [0.717, 1.165) is 32.4 Å². The lowest BCUT2D eigenvalue weighted by molar-refractivity contribution is -0.125. The zero-order chi connectivity index (χ0) is 17.6. The highest BCUT2D eigenvalue weighted by molar-refractivity contribution is 5.78. The summed E-state index contributed by atoms with van der Waals surface area (Å²) in [6.45, 7) is 15.2. The molecule has 1 rings (SSSR count). The van der Waals surface area contributed by atoms with E-state index in [0.29, 0.717) is 25.2 Å². The Hall–Kier alpha value is -0.650. The summed E-state index contributed by atoms with van der Waals surface area (Å²) in [5.41, 5.74) is -0.679. The fourth-order valence-corrected chi connectivity index (χ4v) is 3.34. The van der Waals surface area contributed by atoms with Crippen molar-refractivity contribution in [1.82, 2.24) is 15.1 Å². The van der Waals surface area contributed by atoms with Crippen LogP contribution in [0.25, 0.3) is 0 Å². The Bertz CT molecular complexity index is 368. The van der Waals surface area contributed by atoms with Crippen molar-refractivity contribution >= 4 is 5.91 Å². The van der Waals surface area contributed by atoms with Crippen LogP contribution in [0.15, 0.2) is 0 Å². The summed E-state index contributed by atoms with van der Waals surface area (Å²) in [6.07, 6.45) is 3.02. The molecule has 0 aliphatic carbocycles. The van der Waals surface area contributed by atoms with Gasteiger partial charge in [-0.15, -0.1) is 0 Å². The zero-order valence-corrected chi connectivity index (χ0v) is 15.9. The van der Waals surface area contributed by atoms with Gasteiger partial charge in [-0.25, -0.2) is 0 Å². The number of nitrogens with one attached hydrogen (secondary N) is 1. The molecule has 0 radical (unpaired) electrons. The highest BCUT2D eigenvalue weighted by Gasteiger charge is 2.35. The second-order valence-electron chi connectivity index (χ2n) is 7.67. The van der Waals surface area contributed by atoms with Crippen LogP contribution in [0.4, 0.5) is 0 Å². The first-order valence-corrected chi connectivity index (χ1v) is 9.19. The van der Waals surface area contributed by atoms with Crippen LogP contribution in [0.2, 0.25) is 0 Å². The maximum Gasteiger partial charge on any atom is 0.234 e. The molecule has 5 heteroatoms. The SMILES string of the molecule is CC[C@H]1CN(CC(C)(C)O)[C@@H](CC)CN1CC(=O)N[C@@H](C)CC. The van der Waals surface area contributed by atoms with E-state index in [1.807, 2.05) is 20.8 Å². The maximum absolute atomic E-state index is 12.2. The number of nitrogens with zero attached hydrogens (tertiary/aromatic N) is 2. The topological polar surface area (TPSA) is 55.8 Å². The van der Waals surface area contributed by atoms with Gasteiger partial charge in [0.1, 0.15) is 0 Å². The molecule has 2 N–H and O–H groups in total.